The van der Waals surface area contributed by atoms with Crippen molar-refractivity contribution in [3.8, 4) is 23.0 Å². The third-order valence-electron chi connectivity index (χ3n) is 7.46. The summed E-state index contributed by atoms with van der Waals surface area (Å²) >= 11 is 4.75. The van der Waals surface area contributed by atoms with Crippen molar-refractivity contribution in [3.05, 3.63) is 117 Å². The number of allylic oxidation sites excluding steroid dienone is 1. The SMILES string of the molecule is CCOC(=O)C1=C(C)N=c2s/c(=C\c3cc(Br)c(OCc4ccc([N+](=O)[O-])cc4)c(OC)c3)c(=O)n2[C@H]1c1ccc(OC(C)C)c(OC)c1. The van der Waals surface area contributed by atoms with Crippen molar-refractivity contribution >= 4 is 45.0 Å². The van der Waals surface area contributed by atoms with E-state index < -0.39 is 16.9 Å². The smallest absolute Gasteiger partial charge is 0.338 e. The van der Waals surface area contributed by atoms with E-state index in [-0.39, 0.29) is 36.1 Å². The van der Waals surface area contributed by atoms with Crippen molar-refractivity contribution < 1.29 is 33.4 Å². The van der Waals surface area contributed by atoms with Gasteiger partial charge in [-0.25, -0.2) is 9.79 Å². The monoisotopic (exact) mass is 751 g/mol. The van der Waals surface area contributed by atoms with Crippen LogP contribution in [-0.2, 0) is 16.1 Å². The lowest BCUT2D eigenvalue weighted by Gasteiger charge is -2.25. The first-order valence-electron chi connectivity index (χ1n) is 15.2. The standard InChI is InChI=1S/C35H34BrN3O9S/c1-7-46-34(41)30-20(4)37-35-38(31(30)23-10-13-26(48-19(2)3)27(17-23)44-5)33(40)29(49-35)16-22-14-25(36)32(28(15-22)45-6)47-18-21-8-11-24(12-9-21)39(42)43/h8-17,19,31H,7,18H2,1-6H3/b29-16-/t31-/m0/s1. The normalized spacial score (nSPS) is 14.3. The number of fused-ring (bicyclic) bond motifs is 1. The first kappa shape index (κ1) is 35.4. The lowest BCUT2D eigenvalue weighted by atomic mass is 9.95. The van der Waals surface area contributed by atoms with Crippen molar-refractivity contribution in [2.75, 3.05) is 20.8 Å². The maximum atomic E-state index is 14.2. The Balaban J connectivity index is 1.56. The Bertz CT molecular complexity index is 2120. The van der Waals surface area contributed by atoms with E-state index in [9.17, 15) is 19.7 Å². The van der Waals surface area contributed by atoms with Gasteiger partial charge in [-0.15, -0.1) is 0 Å². The van der Waals surface area contributed by atoms with Gasteiger partial charge in [0.1, 0.15) is 6.61 Å². The van der Waals surface area contributed by atoms with Crippen LogP contribution in [0.4, 0.5) is 5.69 Å². The fraction of sp³-hybridized carbons (Fsp3) is 0.286. The summed E-state index contributed by atoms with van der Waals surface area (Å²) in [6.45, 7) is 7.56. The number of nitro groups is 1. The van der Waals surface area contributed by atoms with Gasteiger partial charge in [0, 0.05) is 12.1 Å². The molecule has 0 N–H and O–H groups in total. The fourth-order valence-corrected chi connectivity index (χ4v) is 6.92. The van der Waals surface area contributed by atoms with Gasteiger partial charge in [-0.05, 0) is 103 Å². The quantitative estimate of drug-likeness (QED) is 0.0990. The summed E-state index contributed by atoms with van der Waals surface area (Å²) < 4.78 is 31.0. The highest BCUT2D eigenvalue weighted by Crippen LogP contribution is 2.38. The number of methoxy groups -OCH3 is 2. The maximum absolute atomic E-state index is 14.2. The van der Waals surface area contributed by atoms with Crippen LogP contribution < -0.4 is 33.8 Å². The molecular formula is C35H34BrN3O9S. The highest BCUT2D eigenvalue weighted by Gasteiger charge is 2.34. The van der Waals surface area contributed by atoms with Crippen LogP contribution in [0.15, 0.2) is 80.1 Å². The van der Waals surface area contributed by atoms with Gasteiger partial charge in [0.15, 0.2) is 27.8 Å². The predicted octanol–water partition coefficient (Wildman–Crippen LogP) is 5.85. The van der Waals surface area contributed by atoms with E-state index in [2.05, 4.69) is 20.9 Å². The molecule has 0 aliphatic carbocycles. The Hall–Kier alpha value is -4.95. The van der Waals surface area contributed by atoms with Gasteiger partial charge in [-0.3, -0.25) is 19.5 Å². The van der Waals surface area contributed by atoms with Crippen molar-refractivity contribution in [1.82, 2.24) is 4.57 Å². The number of hydrogen-bond acceptors (Lipinski definition) is 11. The first-order chi connectivity index (χ1) is 23.4. The van der Waals surface area contributed by atoms with Gasteiger partial charge in [0.05, 0.1) is 58.2 Å². The highest BCUT2D eigenvalue weighted by molar-refractivity contribution is 9.10. The van der Waals surface area contributed by atoms with E-state index in [4.69, 9.17) is 23.7 Å². The number of nitro benzene ring substituents is 1. The van der Waals surface area contributed by atoms with E-state index in [0.717, 1.165) is 5.56 Å². The Morgan fingerprint density at radius 2 is 1.80 bits per heavy atom. The van der Waals surface area contributed by atoms with Crippen LogP contribution in [-0.4, -0.2) is 42.4 Å². The molecule has 0 amide bonds. The largest absolute Gasteiger partial charge is 0.493 e. The van der Waals surface area contributed by atoms with Crippen LogP contribution in [0.5, 0.6) is 23.0 Å². The number of halogens is 1. The van der Waals surface area contributed by atoms with Crippen molar-refractivity contribution in [2.45, 2.75) is 46.4 Å². The third-order valence-corrected chi connectivity index (χ3v) is 9.03. The number of hydrogen-bond donors (Lipinski definition) is 0. The highest BCUT2D eigenvalue weighted by atomic mass is 79.9. The van der Waals surface area contributed by atoms with Gasteiger partial charge in [0.2, 0.25) is 0 Å². The molecule has 1 aromatic heterocycles. The molecule has 1 atom stereocenters. The van der Waals surface area contributed by atoms with Crippen molar-refractivity contribution in [3.63, 3.8) is 0 Å². The fourth-order valence-electron chi connectivity index (χ4n) is 5.30. The Morgan fingerprint density at radius 3 is 2.43 bits per heavy atom. The minimum absolute atomic E-state index is 0.00962. The zero-order valence-electron chi connectivity index (χ0n) is 27.6. The second kappa shape index (κ2) is 15.1. The zero-order chi connectivity index (χ0) is 35.4. The molecule has 12 nitrogen and oxygen atoms in total. The lowest BCUT2D eigenvalue weighted by Crippen LogP contribution is -2.40. The lowest BCUT2D eigenvalue weighted by molar-refractivity contribution is -0.384. The molecule has 0 saturated heterocycles. The molecule has 49 heavy (non-hydrogen) atoms. The molecule has 5 rings (SSSR count). The third kappa shape index (κ3) is 7.55. The molecule has 0 radical (unpaired) electrons. The number of benzene rings is 3. The predicted molar refractivity (Wildman–Crippen MR) is 187 cm³/mol. The number of non-ortho nitro benzene ring substituents is 1. The average Bonchev–Trinajstić information content (AvgIpc) is 3.37. The van der Waals surface area contributed by atoms with Crippen LogP contribution in [0, 0.1) is 10.1 Å². The van der Waals surface area contributed by atoms with Crippen LogP contribution in [0.2, 0.25) is 0 Å². The summed E-state index contributed by atoms with van der Waals surface area (Å²) in [6, 6.07) is 14.1. The number of thiazole rings is 1. The first-order valence-corrected chi connectivity index (χ1v) is 16.8. The maximum Gasteiger partial charge on any atom is 0.338 e. The van der Waals surface area contributed by atoms with Crippen LogP contribution >= 0.6 is 27.3 Å². The van der Waals surface area contributed by atoms with Gasteiger partial charge < -0.3 is 23.7 Å². The molecule has 4 aromatic rings. The summed E-state index contributed by atoms with van der Waals surface area (Å²) in [5, 5.41) is 11.0. The molecule has 256 valence electrons. The number of carbonyl (C=O) groups excluding carboxylic acids is 1. The Labute approximate surface area is 294 Å². The summed E-state index contributed by atoms with van der Waals surface area (Å²) in [6.07, 6.45) is 1.63. The summed E-state index contributed by atoms with van der Waals surface area (Å²) in [4.78, 5) is 43.1. The molecule has 1 aliphatic rings. The molecule has 2 heterocycles. The molecule has 0 saturated carbocycles. The number of esters is 1. The Kier molecular flexibility index (Phi) is 10.9. The molecule has 0 spiro atoms. The minimum Gasteiger partial charge on any atom is -0.493 e. The summed E-state index contributed by atoms with van der Waals surface area (Å²) in [5.41, 5.74) is 2.33. The van der Waals surface area contributed by atoms with Gasteiger partial charge in [-0.1, -0.05) is 17.4 Å². The van der Waals surface area contributed by atoms with Gasteiger partial charge >= 0.3 is 5.97 Å². The molecule has 3 aromatic carbocycles. The second-order valence-corrected chi connectivity index (χ2v) is 13.0. The Morgan fingerprint density at radius 1 is 1.08 bits per heavy atom. The number of aromatic nitrogens is 1. The van der Waals surface area contributed by atoms with E-state index in [1.54, 1.807) is 62.4 Å². The van der Waals surface area contributed by atoms with Crippen molar-refractivity contribution in [1.29, 1.82) is 0 Å². The number of nitrogens with zero attached hydrogens (tertiary/aromatic N) is 3. The number of rotatable bonds is 12. The topological polar surface area (TPSA) is 141 Å². The second-order valence-electron chi connectivity index (χ2n) is 11.1. The van der Waals surface area contributed by atoms with Crippen LogP contribution in [0.3, 0.4) is 0 Å². The van der Waals surface area contributed by atoms with E-state index in [1.165, 1.54) is 42.3 Å². The van der Waals surface area contributed by atoms with E-state index >= 15 is 0 Å². The molecule has 1 aliphatic heterocycles. The molecule has 0 unspecified atom stereocenters. The van der Waals surface area contributed by atoms with Gasteiger partial charge in [-0.2, -0.15) is 0 Å². The summed E-state index contributed by atoms with van der Waals surface area (Å²) in [5.74, 6) is 1.26. The molecule has 0 bridgehead atoms. The summed E-state index contributed by atoms with van der Waals surface area (Å²) in [7, 11) is 3.03. The zero-order valence-corrected chi connectivity index (χ0v) is 30.0. The molecular weight excluding hydrogens is 718 g/mol. The average molecular weight is 753 g/mol. The minimum atomic E-state index is -0.837. The van der Waals surface area contributed by atoms with Crippen molar-refractivity contribution in [2.24, 2.45) is 4.99 Å². The number of carbonyl (C=O) groups is 1. The molecule has 0 fully saturated rings. The van der Waals surface area contributed by atoms with E-state index in [1.807, 2.05) is 13.8 Å². The molecule has 14 heteroatoms. The van der Waals surface area contributed by atoms with Crippen LogP contribution in [0.1, 0.15) is 50.4 Å². The van der Waals surface area contributed by atoms with Gasteiger partial charge in [0.25, 0.3) is 11.2 Å². The number of ether oxygens (including phenoxy) is 5. The van der Waals surface area contributed by atoms with Crippen LogP contribution in [0.25, 0.3) is 6.08 Å². The van der Waals surface area contributed by atoms with E-state index in [0.29, 0.717) is 53.6 Å².